The van der Waals surface area contributed by atoms with Crippen molar-refractivity contribution in [3.05, 3.63) is 18.2 Å². The fourth-order valence-electron chi connectivity index (χ4n) is 1.59. The molecular formula is C14H23N3O3. The van der Waals surface area contributed by atoms with Crippen LogP contribution in [0.2, 0.25) is 0 Å². The summed E-state index contributed by atoms with van der Waals surface area (Å²) in [5.41, 5.74) is 6.51. The van der Waals surface area contributed by atoms with E-state index in [-0.39, 0.29) is 12.6 Å². The fourth-order valence-corrected chi connectivity index (χ4v) is 1.59. The standard InChI is InChI=1S/C14H23N3O3/c1-3-19-11-6-7-13(20-4-2)12(10-11)17-14(15)16-8-5-9-18/h6-7,10,18H,3-5,8-9H2,1-2H3,(H3,15,16,17). The van der Waals surface area contributed by atoms with Gasteiger partial charge in [0.1, 0.15) is 11.5 Å². The maximum absolute atomic E-state index is 8.71. The third-order valence-electron chi connectivity index (χ3n) is 2.42. The van der Waals surface area contributed by atoms with E-state index in [1.807, 2.05) is 32.0 Å². The molecule has 0 atom stereocenters. The second-order valence-corrected chi connectivity index (χ2v) is 3.99. The van der Waals surface area contributed by atoms with Gasteiger partial charge in [0, 0.05) is 19.2 Å². The molecule has 112 valence electrons. The second-order valence-electron chi connectivity index (χ2n) is 3.99. The topological polar surface area (TPSA) is 89.1 Å². The van der Waals surface area contributed by atoms with Gasteiger partial charge in [0.2, 0.25) is 0 Å². The summed E-state index contributed by atoms with van der Waals surface area (Å²) < 4.78 is 11.0. The molecule has 0 amide bonds. The largest absolute Gasteiger partial charge is 0.494 e. The molecular weight excluding hydrogens is 258 g/mol. The Morgan fingerprint density at radius 1 is 1.30 bits per heavy atom. The van der Waals surface area contributed by atoms with Crippen molar-refractivity contribution in [3.8, 4) is 11.5 Å². The van der Waals surface area contributed by atoms with Crippen molar-refractivity contribution in [2.45, 2.75) is 20.3 Å². The fraction of sp³-hybridized carbons (Fsp3) is 0.500. The van der Waals surface area contributed by atoms with Gasteiger partial charge in [-0.25, -0.2) is 0 Å². The summed E-state index contributed by atoms with van der Waals surface area (Å²) in [6.07, 6.45) is 0.583. The molecule has 0 heterocycles. The monoisotopic (exact) mass is 281 g/mol. The predicted molar refractivity (Wildman–Crippen MR) is 80.6 cm³/mol. The van der Waals surface area contributed by atoms with Crippen LogP contribution in [0.5, 0.6) is 11.5 Å². The van der Waals surface area contributed by atoms with Gasteiger partial charge in [-0.2, -0.15) is 0 Å². The van der Waals surface area contributed by atoms with Crippen molar-refractivity contribution >= 4 is 11.6 Å². The number of benzene rings is 1. The zero-order valence-corrected chi connectivity index (χ0v) is 12.1. The van der Waals surface area contributed by atoms with Crippen molar-refractivity contribution < 1.29 is 14.6 Å². The molecule has 1 aromatic rings. The molecule has 0 spiro atoms. The lowest BCUT2D eigenvalue weighted by atomic mass is 10.2. The number of nitrogens with two attached hydrogens (primary N) is 1. The highest BCUT2D eigenvalue weighted by atomic mass is 16.5. The molecule has 0 unspecified atom stereocenters. The highest BCUT2D eigenvalue weighted by Crippen LogP contribution is 2.29. The van der Waals surface area contributed by atoms with E-state index in [4.69, 9.17) is 20.3 Å². The average molecular weight is 281 g/mol. The molecule has 0 fully saturated rings. The first kappa shape index (κ1) is 16.1. The Morgan fingerprint density at radius 3 is 2.70 bits per heavy atom. The summed E-state index contributed by atoms with van der Waals surface area (Å²) in [7, 11) is 0. The molecule has 0 aliphatic carbocycles. The van der Waals surface area contributed by atoms with Gasteiger partial charge in [-0.1, -0.05) is 0 Å². The zero-order chi connectivity index (χ0) is 14.8. The van der Waals surface area contributed by atoms with Crippen molar-refractivity contribution in [1.29, 1.82) is 0 Å². The molecule has 0 saturated heterocycles. The smallest absolute Gasteiger partial charge is 0.193 e. The lowest BCUT2D eigenvalue weighted by Gasteiger charge is -2.13. The van der Waals surface area contributed by atoms with E-state index in [1.54, 1.807) is 0 Å². The SMILES string of the molecule is CCOc1ccc(OCC)c(NC(N)=NCCCO)c1. The van der Waals surface area contributed by atoms with Gasteiger partial charge in [0.15, 0.2) is 5.96 Å². The minimum absolute atomic E-state index is 0.0980. The highest BCUT2D eigenvalue weighted by molar-refractivity contribution is 5.94. The van der Waals surface area contributed by atoms with E-state index in [0.29, 0.717) is 37.6 Å². The van der Waals surface area contributed by atoms with E-state index >= 15 is 0 Å². The molecule has 4 N–H and O–H groups in total. The van der Waals surface area contributed by atoms with E-state index in [2.05, 4.69) is 10.3 Å². The van der Waals surface area contributed by atoms with Crippen molar-refractivity contribution in [2.24, 2.45) is 10.7 Å². The number of ether oxygens (including phenoxy) is 2. The molecule has 0 aliphatic heterocycles. The number of guanidine groups is 1. The van der Waals surface area contributed by atoms with Gasteiger partial charge in [-0.05, 0) is 32.4 Å². The van der Waals surface area contributed by atoms with E-state index < -0.39 is 0 Å². The van der Waals surface area contributed by atoms with Crippen molar-refractivity contribution in [2.75, 3.05) is 31.7 Å². The summed E-state index contributed by atoms with van der Waals surface area (Å²) in [6, 6.07) is 5.50. The van der Waals surface area contributed by atoms with Crippen LogP contribution in [-0.2, 0) is 0 Å². The van der Waals surface area contributed by atoms with Crippen LogP contribution in [0.15, 0.2) is 23.2 Å². The third kappa shape index (κ3) is 5.36. The van der Waals surface area contributed by atoms with Crippen LogP contribution >= 0.6 is 0 Å². The predicted octanol–water partition coefficient (Wildman–Crippen LogP) is 1.59. The zero-order valence-electron chi connectivity index (χ0n) is 12.1. The van der Waals surface area contributed by atoms with Crippen LogP contribution in [0.3, 0.4) is 0 Å². The van der Waals surface area contributed by atoms with Crippen LogP contribution in [0.25, 0.3) is 0 Å². The molecule has 0 aliphatic rings. The first-order valence-electron chi connectivity index (χ1n) is 6.78. The lowest BCUT2D eigenvalue weighted by molar-refractivity contribution is 0.291. The van der Waals surface area contributed by atoms with E-state index in [9.17, 15) is 0 Å². The highest BCUT2D eigenvalue weighted by Gasteiger charge is 2.07. The molecule has 20 heavy (non-hydrogen) atoms. The van der Waals surface area contributed by atoms with E-state index in [1.165, 1.54) is 0 Å². The minimum atomic E-state index is 0.0980. The molecule has 0 radical (unpaired) electrons. The Bertz CT molecular complexity index is 436. The molecule has 0 saturated carbocycles. The Morgan fingerprint density at radius 2 is 2.05 bits per heavy atom. The number of hydrogen-bond acceptors (Lipinski definition) is 4. The van der Waals surface area contributed by atoms with Crippen LogP contribution in [0.4, 0.5) is 5.69 Å². The first-order valence-corrected chi connectivity index (χ1v) is 6.78. The molecule has 6 nitrogen and oxygen atoms in total. The number of aliphatic hydroxyl groups is 1. The van der Waals surface area contributed by atoms with Crippen LogP contribution in [0, 0.1) is 0 Å². The Kier molecular flexibility index (Phi) is 7.27. The summed E-state index contributed by atoms with van der Waals surface area (Å²) in [4.78, 5) is 4.11. The molecule has 1 aromatic carbocycles. The maximum atomic E-state index is 8.71. The normalized spacial score (nSPS) is 11.2. The molecule has 0 bridgehead atoms. The Balaban J connectivity index is 2.82. The quantitative estimate of drug-likeness (QED) is 0.382. The summed E-state index contributed by atoms with van der Waals surface area (Å²) in [6.45, 7) is 5.57. The summed E-state index contributed by atoms with van der Waals surface area (Å²) >= 11 is 0. The van der Waals surface area contributed by atoms with Crippen LogP contribution in [0.1, 0.15) is 20.3 Å². The molecule has 6 heteroatoms. The van der Waals surface area contributed by atoms with Gasteiger partial charge in [0.25, 0.3) is 0 Å². The first-order chi connectivity index (χ1) is 9.71. The van der Waals surface area contributed by atoms with Crippen molar-refractivity contribution in [3.63, 3.8) is 0 Å². The number of hydrogen-bond donors (Lipinski definition) is 3. The average Bonchev–Trinajstić information content (AvgIpc) is 2.42. The van der Waals surface area contributed by atoms with Gasteiger partial charge in [-0.15, -0.1) is 0 Å². The minimum Gasteiger partial charge on any atom is -0.494 e. The maximum Gasteiger partial charge on any atom is 0.193 e. The van der Waals surface area contributed by atoms with Gasteiger partial charge < -0.3 is 25.6 Å². The Labute approximate surface area is 119 Å². The number of aliphatic imine (C=N–C) groups is 1. The molecule has 0 aromatic heterocycles. The number of aliphatic hydroxyl groups excluding tert-OH is 1. The Hall–Kier alpha value is -1.95. The van der Waals surface area contributed by atoms with Gasteiger partial charge in [0.05, 0.1) is 18.9 Å². The van der Waals surface area contributed by atoms with Crippen LogP contribution in [-0.4, -0.2) is 37.4 Å². The second kappa shape index (κ2) is 9.03. The molecule has 1 rings (SSSR count). The summed E-state index contributed by atoms with van der Waals surface area (Å²) in [5, 5.41) is 11.7. The number of anilines is 1. The third-order valence-corrected chi connectivity index (χ3v) is 2.42. The van der Waals surface area contributed by atoms with Crippen molar-refractivity contribution in [1.82, 2.24) is 0 Å². The van der Waals surface area contributed by atoms with Gasteiger partial charge in [-0.3, -0.25) is 4.99 Å². The number of rotatable bonds is 8. The summed E-state index contributed by atoms with van der Waals surface area (Å²) in [5.74, 6) is 1.71. The van der Waals surface area contributed by atoms with Gasteiger partial charge >= 0.3 is 0 Å². The van der Waals surface area contributed by atoms with Crippen LogP contribution < -0.4 is 20.5 Å². The lowest BCUT2D eigenvalue weighted by Crippen LogP contribution is -2.23. The van der Waals surface area contributed by atoms with E-state index in [0.717, 1.165) is 5.75 Å². The number of nitrogens with zero attached hydrogens (tertiary/aromatic N) is 1. The number of nitrogens with one attached hydrogen (secondary N) is 1.